The van der Waals surface area contributed by atoms with Crippen molar-refractivity contribution in [3.8, 4) is 0 Å². The maximum Gasteiger partial charge on any atom is 0.247 e. The second-order valence-electron chi connectivity index (χ2n) is 6.75. The summed E-state index contributed by atoms with van der Waals surface area (Å²) in [4.78, 5) is 23.8. The van der Waals surface area contributed by atoms with Crippen molar-refractivity contribution >= 4 is 38.9 Å². The molecule has 0 aliphatic heterocycles. The van der Waals surface area contributed by atoms with E-state index in [2.05, 4.69) is 10.6 Å². The molecule has 2 N–H and O–H groups in total. The molecule has 0 aliphatic carbocycles. The first-order chi connectivity index (χ1) is 13.0. The van der Waals surface area contributed by atoms with Gasteiger partial charge in [0.2, 0.25) is 21.8 Å². The summed E-state index contributed by atoms with van der Waals surface area (Å²) in [6.45, 7) is 6.77. The Morgan fingerprint density at radius 2 is 1.46 bits per heavy atom. The molecule has 0 aliphatic rings. The van der Waals surface area contributed by atoms with Gasteiger partial charge in [0.1, 0.15) is 6.04 Å². The van der Waals surface area contributed by atoms with Gasteiger partial charge < -0.3 is 10.6 Å². The maximum atomic E-state index is 12.7. The van der Waals surface area contributed by atoms with E-state index in [-0.39, 0.29) is 5.91 Å². The van der Waals surface area contributed by atoms with Gasteiger partial charge in [-0.25, -0.2) is 8.42 Å². The van der Waals surface area contributed by atoms with Gasteiger partial charge in [-0.1, -0.05) is 6.07 Å². The molecule has 2 amide bonds. The number of rotatable bonds is 6. The quantitative estimate of drug-likeness (QED) is 0.775. The summed E-state index contributed by atoms with van der Waals surface area (Å²) < 4.78 is 25.9. The van der Waals surface area contributed by atoms with Gasteiger partial charge in [-0.3, -0.25) is 13.9 Å². The van der Waals surface area contributed by atoms with Crippen molar-refractivity contribution in [1.82, 2.24) is 0 Å². The second-order valence-corrected chi connectivity index (χ2v) is 8.61. The van der Waals surface area contributed by atoms with Crippen molar-refractivity contribution in [3.63, 3.8) is 0 Å². The number of nitrogens with one attached hydrogen (secondary N) is 2. The molecule has 0 unspecified atom stereocenters. The fourth-order valence-electron chi connectivity index (χ4n) is 2.76. The van der Waals surface area contributed by atoms with E-state index < -0.39 is 22.0 Å². The molecule has 0 heterocycles. The zero-order valence-corrected chi connectivity index (χ0v) is 17.4. The fraction of sp³-hybridized carbons (Fsp3) is 0.300. The standard InChI is InChI=1S/C20H25N3O4S/c1-13-6-11-19(12-14(13)2)23(28(5,26)27)15(3)20(25)22-18-9-7-17(8-10-18)21-16(4)24/h6-12,15H,1-5H3,(H,21,24)(H,22,25)/t15-/m0/s1. The maximum absolute atomic E-state index is 12.7. The highest BCUT2D eigenvalue weighted by atomic mass is 32.2. The van der Waals surface area contributed by atoms with Gasteiger partial charge in [0.25, 0.3) is 0 Å². The topological polar surface area (TPSA) is 95.6 Å². The average molecular weight is 404 g/mol. The van der Waals surface area contributed by atoms with Crippen LogP contribution in [0.4, 0.5) is 17.1 Å². The third-order valence-corrected chi connectivity index (χ3v) is 5.55. The highest BCUT2D eigenvalue weighted by molar-refractivity contribution is 7.92. The van der Waals surface area contributed by atoms with E-state index in [4.69, 9.17) is 0 Å². The number of aryl methyl sites for hydroxylation is 2. The molecule has 0 radical (unpaired) electrons. The molecule has 0 saturated heterocycles. The van der Waals surface area contributed by atoms with E-state index in [9.17, 15) is 18.0 Å². The van der Waals surface area contributed by atoms with Crippen LogP contribution in [0.5, 0.6) is 0 Å². The van der Waals surface area contributed by atoms with Crippen LogP contribution >= 0.6 is 0 Å². The molecular weight excluding hydrogens is 378 g/mol. The minimum atomic E-state index is -3.68. The number of amides is 2. The molecule has 2 rings (SSSR count). The van der Waals surface area contributed by atoms with Gasteiger partial charge in [-0.15, -0.1) is 0 Å². The van der Waals surface area contributed by atoms with Crippen LogP contribution in [0.1, 0.15) is 25.0 Å². The molecule has 2 aromatic carbocycles. The van der Waals surface area contributed by atoms with Gasteiger partial charge in [0.15, 0.2) is 0 Å². The average Bonchev–Trinajstić information content (AvgIpc) is 2.58. The van der Waals surface area contributed by atoms with E-state index in [1.807, 2.05) is 19.9 Å². The number of anilines is 3. The van der Waals surface area contributed by atoms with E-state index in [1.165, 1.54) is 13.8 Å². The van der Waals surface area contributed by atoms with Crippen molar-refractivity contribution in [1.29, 1.82) is 0 Å². The lowest BCUT2D eigenvalue weighted by molar-refractivity contribution is -0.117. The first-order valence-electron chi connectivity index (χ1n) is 8.74. The molecule has 0 spiro atoms. The number of carbonyl (C=O) groups excluding carboxylic acids is 2. The molecule has 0 saturated carbocycles. The van der Waals surface area contributed by atoms with Crippen LogP contribution < -0.4 is 14.9 Å². The first-order valence-corrected chi connectivity index (χ1v) is 10.6. The summed E-state index contributed by atoms with van der Waals surface area (Å²) in [5.41, 5.74) is 3.51. The smallest absolute Gasteiger partial charge is 0.247 e. The van der Waals surface area contributed by atoms with E-state index in [0.29, 0.717) is 17.1 Å². The summed E-state index contributed by atoms with van der Waals surface area (Å²) in [6.07, 6.45) is 1.08. The summed E-state index contributed by atoms with van der Waals surface area (Å²) in [5.74, 6) is -0.654. The molecule has 0 aromatic heterocycles. The van der Waals surface area contributed by atoms with E-state index in [0.717, 1.165) is 21.7 Å². The van der Waals surface area contributed by atoms with Crippen LogP contribution in [0, 0.1) is 13.8 Å². The van der Waals surface area contributed by atoms with Crippen molar-refractivity contribution in [2.45, 2.75) is 33.7 Å². The van der Waals surface area contributed by atoms with Gasteiger partial charge in [0.05, 0.1) is 11.9 Å². The molecule has 7 nitrogen and oxygen atoms in total. The highest BCUT2D eigenvalue weighted by Gasteiger charge is 2.29. The third kappa shape index (κ3) is 5.32. The summed E-state index contributed by atoms with van der Waals surface area (Å²) >= 11 is 0. The van der Waals surface area contributed by atoms with Crippen molar-refractivity contribution in [2.75, 3.05) is 21.2 Å². The monoisotopic (exact) mass is 403 g/mol. The van der Waals surface area contributed by atoms with Gasteiger partial charge >= 0.3 is 0 Å². The number of hydrogen-bond acceptors (Lipinski definition) is 4. The zero-order valence-electron chi connectivity index (χ0n) is 16.6. The van der Waals surface area contributed by atoms with Crippen LogP contribution in [0.25, 0.3) is 0 Å². The number of carbonyl (C=O) groups is 2. The van der Waals surface area contributed by atoms with Gasteiger partial charge in [-0.2, -0.15) is 0 Å². The Kier molecular flexibility index (Phi) is 6.45. The molecule has 0 fully saturated rings. The van der Waals surface area contributed by atoms with Crippen LogP contribution in [0.2, 0.25) is 0 Å². The Bertz CT molecular complexity index is 985. The van der Waals surface area contributed by atoms with Crippen molar-refractivity contribution < 1.29 is 18.0 Å². The Balaban J connectivity index is 2.24. The minimum absolute atomic E-state index is 0.192. The lowest BCUT2D eigenvalue weighted by atomic mass is 10.1. The van der Waals surface area contributed by atoms with Crippen molar-refractivity contribution in [3.05, 3.63) is 53.6 Å². The molecule has 0 bridgehead atoms. The molecule has 28 heavy (non-hydrogen) atoms. The summed E-state index contributed by atoms with van der Waals surface area (Å²) in [5, 5.41) is 5.35. The predicted molar refractivity (Wildman–Crippen MR) is 112 cm³/mol. The van der Waals surface area contributed by atoms with Crippen LogP contribution in [-0.2, 0) is 19.6 Å². The molecule has 2 aromatic rings. The fourth-order valence-corrected chi connectivity index (χ4v) is 3.93. The lowest BCUT2D eigenvalue weighted by Crippen LogP contribution is -2.45. The molecule has 8 heteroatoms. The van der Waals surface area contributed by atoms with Crippen LogP contribution in [0.15, 0.2) is 42.5 Å². The van der Waals surface area contributed by atoms with Crippen LogP contribution in [-0.4, -0.2) is 32.5 Å². The summed E-state index contributed by atoms with van der Waals surface area (Å²) in [6, 6.07) is 10.9. The van der Waals surface area contributed by atoms with Crippen LogP contribution in [0.3, 0.4) is 0 Å². The van der Waals surface area contributed by atoms with Gasteiger partial charge in [0, 0.05) is 18.3 Å². The Morgan fingerprint density at radius 3 is 1.93 bits per heavy atom. The van der Waals surface area contributed by atoms with Crippen molar-refractivity contribution in [2.24, 2.45) is 0 Å². The lowest BCUT2D eigenvalue weighted by Gasteiger charge is -2.28. The van der Waals surface area contributed by atoms with Gasteiger partial charge in [-0.05, 0) is 68.3 Å². The zero-order chi connectivity index (χ0) is 21.1. The van der Waals surface area contributed by atoms with E-state index in [1.54, 1.807) is 36.4 Å². The number of benzene rings is 2. The SMILES string of the molecule is CC(=O)Nc1ccc(NC(=O)[C@H](C)N(c2ccc(C)c(C)c2)S(C)(=O)=O)cc1. The Labute approximate surface area is 165 Å². The molecule has 1 atom stereocenters. The first kappa shape index (κ1) is 21.4. The normalized spacial score (nSPS) is 12.2. The predicted octanol–water partition coefficient (Wildman–Crippen LogP) is 3.06. The number of nitrogens with zero attached hydrogens (tertiary/aromatic N) is 1. The second kappa shape index (κ2) is 8.43. The number of hydrogen-bond donors (Lipinski definition) is 2. The molecule has 150 valence electrons. The largest absolute Gasteiger partial charge is 0.326 e. The van der Waals surface area contributed by atoms with E-state index >= 15 is 0 Å². The highest BCUT2D eigenvalue weighted by Crippen LogP contribution is 2.24. The Hall–Kier alpha value is -2.87. The number of sulfonamides is 1. The molecular formula is C20H25N3O4S. The third-order valence-electron chi connectivity index (χ3n) is 4.31. The minimum Gasteiger partial charge on any atom is -0.326 e. The Morgan fingerprint density at radius 1 is 0.929 bits per heavy atom. The summed E-state index contributed by atoms with van der Waals surface area (Å²) in [7, 11) is -3.68.